The zero-order chi connectivity index (χ0) is 60.7. The number of hydrogen-bond acceptors (Lipinski definition) is 7. The molecular weight excluding hydrogens is 1030 g/mol. The topological polar surface area (TPSA) is 96.5 Å². The number of carbonyl (C=O) groups is 4. The Bertz CT molecular complexity index is 1390. The average Bonchev–Trinajstić information content (AvgIpc) is 3.48. The molecule has 0 aliphatic heterocycles. The molecule has 492 valence electrons. The summed E-state index contributed by atoms with van der Waals surface area (Å²) in [5.41, 5.74) is 0. The third-order valence-corrected chi connectivity index (χ3v) is 17.7. The Morgan fingerprint density at radius 1 is 0.289 bits per heavy atom. The molecule has 2 unspecified atom stereocenters. The number of nitrogens with zero attached hydrogens (tertiary/aromatic N) is 3. The normalized spacial score (nSPS) is 12.3. The predicted molar refractivity (Wildman–Crippen MR) is 358 cm³/mol. The van der Waals surface area contributed by atoms with E-state index in [0.29, 0.717) is 50.0 Å². The van der Waals surface area contributed by atoms with E-state index in [1.807, 2.05) is 0 Å². The second kappa shape index (κ2) is 64.3. The molecule has 0 fully saturated rings. The molecule has 0 spiro atoms. The summed E-state index contributed by atoms with van der Waals surface area (Å²) < 4.78 is 11.9. The van der Waals surface area contributed by atoms with E-state index < -0.39 is 0 Å². The number of rotatable bonds is 67. The summed E-state index contributed by atoms with van der Waals surface area (Å²) in [6.45, 7) is 19.8. The molecule has 0 aromatic carbocycles. The van der Waals surface area contributed by atoms with Crippen LogP contribution in [-0.4, -0.2) is 97.5 Å². The maximum Gasteiger partial charge on any atom is 0.306 e. The van der Waals surface area contributed by atoms with Crippen molar-refractivity contribution < 1.29 is 28.7 Å². The summed E-state index contributed by atoms with van der Waals surface area (Å²) in [5, 5.41) is 0. The number of carbonyl (C=O) groups excluding carboxylic acids is 4. The van der Waals surface area contributed by atoms with Gasteiger partial charge in [0.2, 0.25) is 11.8 Å². The molecular formula is C74H145N3O6. The predicted octanol–water partition coefficient (Wildman–Crippen LogP) is 21.8. The highest BCUT2D eigenvalue weighted by Crippen LogP contribution is 2.22. The molecule has 2 amide bonds. The fourth-order valence-electron chi connectivity index (χ4n) is 12.0. The van der Waals surface area contributed by atoms with Crippen molar-refractivity contribution in [3.63, 3.8) is 0 Å². The lowest BCUT2D eigenvalue weighted by molar-refractivity contribution is -0.150. The second-order valence-electron chi connectivity index (χ2n) is 26.0. The number of hydrogen-bond donors (Lipinski definition) is 0. The maximum absolute atomic E-state index is 13.4. The van der Waals surface area contributed by atoms with Crippen molar-refractivity contribution in [3.05, 3.63) is 0 Å². The van der Waals surface area contributed by atoms with Crippen LogP contribution in [0.1, 0.15) is 388 Å². The zero-order valence-corrected chi connectivity index (χ0v) is 57.1. The maximum atomic E-state index is 13.4. The molecule has 0 radical (unpaired) electrons. The number of amides is 2. The van der Waals surface area contributed by atoms with Crippen LogP contribution in [0.5, 0.6) is 0 Å². The van der Waals surface area contributed by atoms with Gasteiger partial charge in [0, 0.05) is 51.9 Å². The summed E-state index contributed by atoms with van der Waals surface area (Å²) in [6, 6.07) is 0. The standard InChI is InChI=1S/C74H145N3O6/c1-8-14-20-26-32-41-55-69(54-40-22-16-10-3)68-82-73(80)60-46-38-52-66-76(64-50-24-18-12-5)71(78)58-44-34-28-30-36-48-62-75(7)63-49-37-31-29-35-45-59-72(79)77(65-51-25-19-13-6)67-53-39-47-61-74(81)83-70(56-42-23-17-11-4)57-43-33-27-21-15-9-2/h69-70H,8-68H2,1-7H3. The van der Waals surface area contributed by atoms with Gasteiger partial charge in [-0.2, -0.15) is 0 Å². The van der Waals surface area contributed by atoms with Crippen LogP contribution in [0.4, 0.5) is 0 Å². The van der Waals surface area contributed by atoms with E-state index in [1.165, 1.54) is 218 Å². The van der Waals surface area contributed by atoms with Crippen molar-refractivity contribution in [1.82, 2.24) is 14.7 Å². The minimum absolute atomic E-state index is 0.0203. The smallest absolute Gasteiger partial charge is 0.306 e. The molecule has 9 heteroatoms. The lowest BCUT2D eigenvalue weighted by Crippen LogP contribution is -2.32. The third kappa shape index (κ3) is 56.1. The molecule has 0 aromatic rings. The van der Waals surface area contributed by atoms with Crippen molar-refractivity contribution >= 4 is 23.8 Å². The van der Waals surface area contributed by atoms with Crippen LogP contribution in [0.3, 0.4) is 0 Å². The van der Waals surface area contributed by atoms with Gasteiger partial charge in [-0.1, -0.05) is 260 Å². The third-order valence-electron chi connectivity index (χ3n) is 17.7. The van der Waals surface area contributed by atoms with Crippen molar-refractivity contribution in [3.8, 4) is 0 Å². The first-order chi connectivity index (χ1) is 40.6. The molecule has 0 N–H and O–H groups in total. The van der Waals surface area contributed by atoms with Gasteiger partial charge in [0.05, 0.1) is 6.61 Å². The summed E-state index contributed by atoms with van der Waals surface area (Å²) in [7, 11) is 2.27. The molecule has 0 aliphatic rings. The van der Waals surface area contributed by atoms with E-state index in [-0.39, 0.29) is 18.0 Å². The Balaban J connectivity index is 4.37. The van der Waals surface area contributed by atoms with E-state index in [1.54, 1.807) is 0 Å². The molecule has 0 aliphatic carbocycles. The van der Waals surface area contributed by atoms with Gasteiger partial charge in [0.25, 0.3) is 0 Å². The number of esters is 2. The molecule has 0 aromatic heterocycles. The Labute approximate surface area is 518 Å². The Kier molecular flexibility index (Phi) is 62.6. The molecule has 2 atom stereocenters. The van der Waals surface area contributed by atoms with Crippen LogP contribution < -0.4 is 0 Å². The fourth-order valence-corrected chi connectivity index (χ4v) is 12.0. The quantitative estimate of drug-likeness (QED) is 0.0442. The van der Waals surface area contributed by atoms with Crippen LogP contribution in [0.2, 0.25) is 0 Å². The number of unbranched alkanes of at least 4 members (excludes halogenated alkanes) is 36. The molecule has 0 bridgehead atoms. The van der Waals surface area contributed by atoms with Crippen LogP contribution in [0, 0.1) is 5.92 Å². The van der Waals surface area contributed by atoms with Crippen LogP contribution in [0.15, 0.2) is 0 Å². The lowest BCUT2D eigenvalue weighted by atomic mass is 9.95. The fraction of sp³-hybridized carbons (Fsp3) is 0.946. The van der Waals surface area contributed by atoms with Gasteiger partial charge in [-0.3, -0.25) is 19.2 Å². The van der Waals surface area contributed by atoms with Crippen molar-refractivity contribution in [2.45, 2.75) is 394 Å². The monoisotopic (exact) mass is 1170 g/mol. The van der Waals surface area contributed by atoms with Crippen molar-refractivity contribution in [2.24, 2.45) is 5.92 Å². The first kappa shape index (κ1) is 80.8. The highest BCUT2D eigenvalue weighted by Gasteiger charge is 2.18. The second-order valence-corrected chi connectivity index (χ2v) is 26.0. The van der Waals surface area contributed by atoms with Crippen molar-refractivity contribution in [2.75, 3.05) is 52.9 Å². The lowest BCUT2D eigenvalue weighted by Gasteiger charge is -2.23. The zero-order valence-electron chi connectivity index (χ0n) is 57.1. The van der Waals surface area contributed by atoms with Crippen LogP contribution in [0.25, 0.3) is 0 Å². The van der Waals surface area contributed by atoms with Gasteiger partial charge in [-0.25, -0.2) is 0 Å². The highest BCUT2D eigenvalue weighted by molar-refractivity contribution is 5.76. The first-order valence-electron chi connectivity index (χ1n) is 37.2. The Morgan fingerprint density at radius 3 is 0.940 bits per heavy atom. The molecule has 9 nitrogen and oxygen atoms in total. The SMILES string of the molecule is CCCCCCCCC(CCCCCC)COC(=O)CCCCCN(CCCCCC)C(=O)CCCCCCCCN(C)CCCCCCCCC(=O)N(CCCCCC)CCCCCC(=O)OC(CCCCCC)CCCCCCCC. The van der Waals surface area contributed by atoms with Gasteiger partial charge in [0.1, 0.15) is 6.10 Å². The number of ether oxygens (including phenoxy) is 2. The van der Waals surface area contributed by atoms with Gasteiger partial charge in [-0.15, -0.1) is 0 Å². The van der Waals surface area contributed by atoms with E-state index in [4.69, 9.17) is 9.47 Å². The molecule has 0 saturated heterocycles. The van der Waals surface area contributed by atoms with E-state index >= 15 is 0 Å². The van der Waals surface area contributed by atoms with Crippen molar-refractivity contribution in [1.29, 1.82) is 0 Å². The highest BCUT2D eigenvalue weighted by atomic mass is 16.5. The average molecular weight is 1170 g/mol. The molecule has 0 saturated carbocycles. The van der Waals surface area contributed by atoms with Gasteiger partial charge in [0.15, 0.2) is 0 Å². The summed E-state index contributed by atoms with van der Waals surface area (Å²) in [4.78, 5) is 59.3. The summed E-state index contributed by atoms with van der Waals surface area (Å²) >= 11 is 0. The minimum Gasteiger partial charge on any atom is -0.465 e. The minimum atomic E-state index is -0.0343. The van der Waals surface area contributed by atoms with Gasteiger partial charge in [-0.05, 0) is 129 Å². The molecule has 0 rings (SSSR count). The summed E-state index contributed by atoms with van der Waals surface area (Å²) in [6.07, 6.45) is 61.4. The van der Waals surface area contributed by atoms with E-state index in [2.05, 4.69) is 63.3 Å². The Morgan fingerprint density at radius 2 is 0.554 bits per heavy atom. The van der Waals surface area contributed by atoms with Gasteiger partial charge < -0.3 is 24.2 Å². The van der Waals surface area contributed by atoms with E-state index in [0.717, 1.165) is 142 Å². The van der Waals surface area contributed by atoms with E-state index in [9.17, 15) is 19.2 Å². The van der Waals surface area contributed by atoms with Crippen LogP contribution >= 0.6 is 0 Å². The van der Waals surface area contributed by atoms with Crippen LogP contribution in [-0.2, 0) is 28.7 Å². The molecule has 0 heterocycles. The largest absolute Gasteiger partial charge is 0.465 e. The first-order valence-corrected chi connectivity index (χ1v) is 37.2. The Hall–Kier alpha value is -2.16. The summed E-state index contributed by atoms with van der Waals surface area (Å²) in [5.74, 6) is 1.11. The van der Waals surface area contributed by atoms with Gasteiger partial charge >= 0.3 is 11.9 Å². The molecule has 83 heavy (non-hydrogen) atoms.